The first-order valence-corrected chi connectivity index (χ1v) is 13.6. The van der Waals surface area contributed by atoms with Gasteiger partial charge >= 0.3 is 5.82 Å². The van der Waals surface area contributed by atoms with Gasteiger partial charge in [-0.05, 0) is 116 Å². The predicted octanol–water partition coefficient (Wildman–Crippen LogP) is 9.59. The van der Waals surface area contributed by atoms with E-state index in [0.717, 1.165) is 30.3 Å². The molecule has 0 atom stereocenters. The molecule has 0 spiro atoms. The highest BCUT2D eigenvalue weighted by molar-refractivity contribution is 6.24. The number of nitrogens with zero attached hydrogens (tertiary/aromatic N) is 6. The van der Waals surface area contributed by atoms with Gasteiger partial charge in [-0.2, -0.15) is 9.69 Å². The number of benzene rings is 4. The van der Waals surface area contributed by atoms with E-state index < -0.39 is 46.3 Å². The number of nitriles is 2. The number of hydrogen-bond donors (Lipinski definition) is 0. The molecule has 0 bridgehead atoms. The number of fused-ring (bicyclic) bond motifs is 12. The van der Waals surface area contributed by atoms with Crippen LogP contribution in [-0.2, 0) is 0 Å². The second-order valence-electron chi connectivity index (χ2n) is 10.8. The lowest BCUT2D eigenvalue weighted by atomic mass is 9.83. The number of halogens is 5. The molecule has 11 heteroatoms. The van der Waals surface area contributed by atoms with Gasteiger partial charge in [-0.3, -0.25) is 0 Å². The molecule has 4 aromatic carbocycles. The summed E-state index contributed by atoms with van der Waals surface area (Å²) in [6.07, 6.45) is 0. The minimum Gasteiger partial charge on any atom is -0.226 e. The molecule has 0 amide bonds. The molecule has 3 aliphatic rings. The molecular weight excluding hydrogens is 623 g/mol. The van der Waals surface area contributed by atoms with Crippen molar-refractivity contribution in [2.75, 3.05) is 0 Å². The summed E-state index contributed by atoms with van der Waals surface area (Å²) < 4.78 is 75.5. The van der Waals surface area contributed by atoms with Crippen molar-refractivity contribution in [2.24, 2.45) is 0 Å². The average Bonchev–Trinajstić information content (AvgIpc) is 3.66. The van der Waals surface area contributed by atoms with Crippen molar-refractivity contribution in [3.63, 3.8) is 0 Å². The molecule has 222 valence electrons. The maximum Gasteiger partial charge on any atom is 0.527 e. The van der Waals surface area contributed by atoms with Crippen LogP contribution in [0.2, 0.25) is 0 Å². The molecule has 0 N–H and O–H groups in total. The van der Waals surface area contributed by atoms with Crippen molar-refractivity contribution in [3.8, 4) is 45.5 Å². The maximum atomic E-state index is 15.4. The van der Waals surface area contributed by atoms with E-state index in [2.05, 4.69) is 19.4 Å². The number of rotatable bonds is 0. The van der Waals surface area contributed by atoms with Gasteiger partial charge in [0.15, 0.2) is 23.3 Å². The van der Waals surface area contributed by atoms with Crippen LogP contribution < -0.4 is 0 Å². The summed E-state index contributed by atoms with van der Waals surface area (Å²) in [7, 11) is 0. The molecular formula is C37H9F5N6. The quantitative estimate of drug-likeness (QED) is 0.0950. The molecule has 0 aromatic heterocycles. The molecule has 0 radical (unpaired) electrons. The first-order chi connectivity index (χ1) is 23.1. The topological polar surface area (TPSA) is 65.0 Å². The molecule has 0 saturated heterocycles. The van der Waals surface area contributed by atoms with E-state index in [-0.39, 0.29) is 89.0 Å². The third-order valence-electron chi connectivity index (χ3n) is 8.63. The summed E-state index contributed by atoms with van der Waals surface area (Å²) in [5.74, 6) is -6.62. The minimum atomic E-state index is -1.33. The third kappa shape index (κ3) is 3.53. The lowest BCUT2D eigenvalue weighted by Gasteiger charge is -2.18. The van der Waals surface area contributed by atoms with Gasteiger partial charge in [-0.15, -0.1) is 0 Å². The zero-order valence-electron chi connectivity index (χ0n) is 24.0. The van der Waals surface area contributed by atoms with E-state index in [4.69, 9.17) is 26.3 Å². The van der Waals surface area contributed by atoms with Gasteiger partial charge in [0, 0.05) is 11.1 Å². The fourth-order valence-corrected chi connectivity index (χ4v) is 6.86. The van der Waals surface area contributed by atoms with E-state index in [9.17, 15) is 19.3 Å². The summed E-state index contributed by atoms with van der Waals surface area (Å²) in [6, 6.07) is 9.29. The SMILES string of the molecule is [C-]#[N+]C([N+]#[C-])=C1c2cc(F)c(F)cc2-c2c1c1c(c3c2/C(=C(/C#N)[N+]#[C-])c2cc(C)c(F)cc2-3)/C(=C(\C#N)[N+]#[C-])c2cc(F)c(F)cc2-1. The molecule has 0 fully saturated rings. The van der Waals surface area contributed by atoms with Crippen molar-refractivity contribution in [1.82, 2.24) is 0 Å². The second-order valence-corrected chi connectivity index (χ2v) is 10.8. The van der Waals surface area contributed by atoms with Gasteiger partial charge in [-0.25, -0.2) is 42.2 Å². The van der Waals surface area contributed by atoms with Gasteiger partial charge in [0.05, 0.1) is 30.9 Å². The minimum absolute atomic E-state index is 0.0105. The molecule has 3 aliphatic carbocycles. The molecule has 0 unspecified atom stereocenters. The molecule has 4 aromatic rings. The lowest BCUT2D eigenvalue weighted by Crippen LogP contribution is -1.99. The van der Waals surface area contributed by atoms with Crippen LogP contribution in [0.5, 0.6) is 0 Å². The summed E-state index contributed by atoms with van der Waals surface area (Å²) in [5, 5.41) is 20.2. The normalized spacial score (nSPS) is 14.4. The highest BCUT2D eigenvalue weighted by atomic mass is 19.2. The molecule has 0 heterocycles. The maximum absolute atomic E-state index is 15.4. The summed E-state index contributed by atoms with van der Waals surface area (Å²) >= 11 is 0. The highest BCUT2D eigenvalue weighted by Gasteiger charge is 2.46. The predicted molar refractivity (Wildman–Crippen MR) is 163 cm³/mol. The highest BCUT2D eigenvalue weighted by Crippen LogP contribution is 2.65. The van der Waals surface area contributed by atoms with E-state index >= 15 is 13.2 Å². The Bertz CT molecular complexity index is 2330. The van der Waals surface area contributed by atoms with E-state index in [0.29, 0.717) is 0 Å². The van der Waals surface area contributed by atoms with Crippen LogP contribution in [0.3, 0.4) is 0 Å². The van der Waals surface area contributed by atoms with E-state index in [1.807, 2.05) is 6.07 Å². The molecule has 48 heavy (non-hydrogen) atoms. The van der Waals surface area contributed by atoms with Crippen molar-refractivity contribution in [2.45, 2.75) is 6.92 Å². The van der Waals surface area contributed by atoms with Crippen molar-refractivity contribution in [1.29, 1.82) is 10.5 Å². The standard InChI is InChI=1S/C37H9F5N6/c1-14-6-15-17(7-21(14)38)30-34(28(15)26(12-43)45-2)32-19-10-24(41)25(42)11-20(19)33(37(47-4)48-5)36(32)31-18-9-23(40)22(39)8-16(18)29(35(30)31)27(13-44)46-3/h6-11H,1H3/b28-26-,29-27+. The van der Waals surface area contributed by atoms with Crippen molar-refractivity contribution in [3.05, 3.63) is 167 Å². The fourth-order valence-electron chi connectivity index (χ4n) is 6.86. The molecule has 7 rings (SSSR count). The Labute approximate surface area is 268 Å². The number of allylic oxidation sites excluding steroid dienone is 2. The van der Waals surface area contributed by atoms with Crippen LogP contribution in [0, 0.1) is 85.0 Å². The van der Waals surface area contributed by atoms with Gasteiger partial charge in [-0.1, -0.05) is 0 Å². The Kier molecular flexibility index (Phi) is 6.19. The third-order valence-corrected chi connectivity index (χ3v) is 8.63. The average molecular weight is 633 g/mol. The Hall–Kier alpha value is -7.31. The Balaban J connectivity index is 1.91. The van der Waals surface area contributed by atoms with Crippen LogP contribution in [0.4, 0.5) is 22.0 Å². The first-order valence-electron chi connectivity index (χ1n) is 13.6. The van der Waals surface area contributed by atoms with Gasteiger partial charge in [0.2, 0.25) is 0 Å². The van der Waals surface area contributed by atoms with Gasteiger partial charge < -0.3 is 0 Å². The molecule has 6 nitrogen and oxygen atoms in total. The second kappa shape index (κ2) is 10.1. The van der Waals surface area contributed by atoms with Crippen LogP contribution in [0.1, 0.15) is 38.9 Å². The van der Waals surface area contributed by atoms with Crippen LogP contribution in [-0.4, -0.2) is 0 Å². The fraction of sp³-hybridized carbons (Fsp3) is 0.0270. The van der Waals surface area contributed by atoms with Crippen LogP contribution in [0.25, 0.3) is 69.5 Å². The summed E-state index contributed by atoms with van der Waals surface area (Å²) in [6.45, 7) is 32.7. The lowest BCUT2D eigenvalue weighted by molar-refractivity contribution is 0.509. The van der Waals surface area contributed by atoms with E-state index in [1.165, 1.54) is 13.0 Å². The summed E-state index contributed by atoms with van der Waals surface area (Å²) in [4.78, 5) is 13.4. The Morgan fingerprint density at radius 3 is 1.19 bits per heavy atom. The Morgan fingerprint density at radius 1 is 0.479 bits per heavy atom. The molecule has 0 saturated carbocycles. The van der Waals surface area contributed by atoms with Crippen LogP contribution >= 0.6 is 0 Å². The van der Waals surface area contributed by atoms with Crippen molar-refractivity contribution < 1.29 is 22.0 Å². The zero-order valence-corrected chi connectivity index (χ0v) is 24.0. The van der Waals surface area contributed by atoms with E-state index in [1.54, 1.807) is 6.07 Å². The first kappa shape index (κ1) is 29.4. The monoisotopic (exact) mass is 632 g/mol. The van der Waals surface area contributed by atoms with Crippen LogP contribution in [0.15, 0.2) is 53.6 Å². The Morgan fingerprint density at radius 2 is 0.812 bits per heavy atom. The van der Waals surface area contributed by atoms with Gasteiger partial charge in [0.1, 0.15) is 19.0 Å². The zero-order chi connectivity index (χ0) is 34.3. The number of aryl methyl sites for hydroxylation is 1. The molecule has 0 aliphatic heterocycles. The van der Waals surface area contributed by atoms with Crippen molar-refractivity contribution >= 4 is 16.7 Å². The number of hydrogen-bond acceptors (Lipinski definition) is 2. The largest absolute Gasteiger partial charge is 0.527 e. The smallest absolute Gasteiger partial charge is 0.226 e. The van der Waals surface area contributed by atoms with Gasteiger partial charge in [0.25, 0.3) is 11.4 Å². The summed E-state index contributed by atoms with van der Waals surface area (Å²) in [5.41, 5.74) is -1.51.